The summed E-state index contributed by atoms with van der Waals surface area (Å²) in [7, 11) is 0. The molecule has 0 unspecified atom stereocenters. The second kappa shape index (κ2) is 4.05. The van der Waals surface area contributed by atoms with Crippen LogP contribution in [-0.2, 0) is 0 Å². The van der Waals surface area contributed by atoms with Gasteiger partial charge in [0.15, 0.2) is 0 Å². The lowest BCUT2D eigenvalue weighted by Gasteiger charge is -2.13. The monoisotopic (exact) mass is 233 g/mol. The van der Waals surface area contributed by atoms with Crippen LogP contribution in [0.25, 0.3) is 0 Å². The lowest BCUT2D eigenvalue weighted by Crippen LogP contribution is -2.13. The van der Waals surface area contributed by atoms with E-state index in [9.17, 15) is 4.39 Å². The molecule has 1 aliphatic heterocycles. The minimum Gasteiger partial charge on any atom is -0.310 e. The summed E-state index contributed by atoms with van der Waals surface area (Å²) in [4.78, 5) is 0. The van der Waals surface area contributed by atoms with E-state index in [1.54, 1.807) is 0 Å². The zero-order valence-corrected chi connectivity index (χ0v) is 9.00. The van der Waals surface area contributed by atoms with E-state index in [-0.39, 0.29) is 16.9 Å². The van der Waals surface area contributed by atoms with E-state index in [1.807, 2.05) is 0 Å². The zero-order valence-electron chi connectivity index (χ0n) is 7.49. The number of nitrogens with one attached hydrogen (secondary N) is 1. The standard InChI is InChI=1S/C10H10Cl2FN/c11-8-5-6(13)4-7(10(8)12)9-2-1-3-14-9/h4-5,9,14H,1-3H2/t9-/m1/s1. The number of rotatable bonds is 1. The highest BCUT2D eigenvalue weighted by atomic mass is 35.5. The Balaban J connectivity index is 2.40. The van der Waals surface area contributed by atoms with Crippen LogP contribution in [-0.4, -0.2) is 6.54 Å². The fourth-order valence-electron chi connectivity index (χ4n) is 1.78. The molecule has 0 bridgehead atoms. The summed E-state index contributed by atoms with van der Waals surface area (Å²) in [6, 6.07) is 2.84. The second-order valence-electron chi connectivity index (χ2n) is 3.44. The average molecular weight is 234 g/mol. The number of halogens is 3. The molecule has 0 spiro atoms. The van der Waals surface area contributed by atoms with Crippen LogP contribution in [0.1, 0.15) is 24.4 Å². The number of hydrogen-bond donors (Lipinski definition) is 1. The maximum Gasteiger partial charge on any atom is 0.125 e. The molecule has 0 aromatic heterocycles. The fourth-order valence-corrected chi connectivity index (χ4v) is 2.23. The minimum atomic E-state index is -0.330. The van der Waals surface area contributed by atoms with E-state index in [0.29, 0.717) is 5.02 Å². The summed E-state index contributed by atoms with van der Waals surface area (Å²) < 4.78 is 13.1. The van der Waals surface area contributed by atoms with Crippen molar-refractivity contribution in [3.05, 3.63) is 33.6 Å². The first-order valence-electron chi connectivity index (χ1n) is 4.56. The van der Waals surface area contributed by atoms with Crippen LogP contribution >= 0.6 is 23.2 Å². The van der Waals surface area contributed by atoms with E-state index >= 15 is 0 Å². The normalized spacial score (nSPS) is 21.5. The highest BCUT2D eigenvalue weighted by molar-refractivity contribution is 6.42. The molecular formula is C10H10Cl2FN. The molecule has 1 nitrogen and oxygen atoms in total. The van der Waals surface area contributed by atoms with Gasteiger partial charge in [-0.3, -0.25) is 0 Å². The summed E-state index contributed by atoms with van der Waals surface area (Å²) in [6.45, 7) is 0.953. The molecule has 0 saturated carbocycles. The van der Waals surface area contributed by atoms with Gasteiger partial charge in [-0.1, -0.05) is 23.2 Å². The maximum absolute atomic E-state index is 13.1. The third-order valence-electron chi connectivity index (χ3n) is 2.46. The van der Waals surface area contributed by atoms with Crippen molar-refractivity contribution in [3.8, 4) is 0 Å². The summed E-state index contributed by atoms with van der Waals surface area (Å²) in [5.41, 5.74) is 0.772. The van der Waals surface area contributed by atoms with Crippen LogP contribution in [0.4, 0.5) is 4.39 Å². The second-order valence-corrected chi connectivity index (χ2v) is 4.22. The first-order valence-corrected chi connectivity index (χ1v) is 5.32. The molecule has 1 atom stereocenters. The molecule has 2 rings (SSSR count). The van der Waals surface area contributed by atoms with Gasteiger partial charge in [0.25, 0.3) is 0 Å². The van der Waals surface area contributed by atoms with Gasteiger partial charge in [-0.05, 0) is 37.1 Å². The molecule has 0 amide bonds. The van der Waals surface area contributed by atoms with Gasteiger partial charge in [0.2, 0.25) is 0 Å². The highest BCUT2D eigenvalue weighted by Crippen LogP contribution is 2.34. The van der Waals surface area contributed by atoms with Gasteiger partial charge >= 0.3 is 0 Å². The van der Waals surface area contributed by atoms with Gasteiger partial charge in [0, 0.05) is 6.04 Å². The predicted molar refractivity (Wildman–Crippen MR) is 56.4 cm³/mol. The van der Waals surface area contributed by atoms with Crippen LogP contribution < -0.4 is 5.32 Å². The Bertz CT molecular complexity index is 348. The predicted octanol–water partition coefficient (Wildman–Crippen LogP) is 3.56. The molecule has 1 heterocycles. The van der Waals surface area contributed by atoms with E-state index in [4.69, 9.17) is 23.2 Å². The Kier molecular flexibility index (Phi) is 2.96. The van der Waals surface area contributed by atoms with E-state index in [0.717, 1.165) is 24.9 Å². The topological polar surface area (TPSA) is 12.0 Å². The van der Waals surface area contributed by atoms with Crippen molar-refractivity contribution in [2.45, 2.75) is 18.9 Å². The molecule has 1 N–H and O–H groups in total. The Morgan fingerprint density at radius 2 is 2.14 bits per heavy atom. The van der Waals surface area contributed by atoms with Gasteiger partial charge in [0.1, 0.15) is 5.82 Å². The molecule has 4 heteroatoms. The van der Waals surface area contributed by atoms with E-state index in [2.05, 4.69) is 5.32 Å². The molecule has 1 fully saturated rings. The molecule has 1 saturated heterocycles. The van der Waals surface area contributed by atoms with Crippen LogP contribution in [0.2, 0.25) is 10.0 Å². The van der Waals surface area contributed by atoms with Gasteiger partial charge in [-0.2, -0.15) is 0 Å². The lowest BCUT2D eigenvalue weighted by molar-refractivity contribution is 0.607. The van der Waals surface area contributed by atoms with Crippen LogP contribution in [0.15, 0.2) is 12.1 Å². The molecule has 76 valence electrons. The third kappa shape index (κ3) is 1.88. The van der Waals surface area contributed by atoms with E-state index in [1.165, 1.54) is 12.1 Å². The molecule has 0 radical (unpaired) electrons. The number of hydrogen-bond acceptors (Lipinski definition) is 1. The van der Waals surface area contributed by atoms with Crippen molar-refractivity contribution in [2.75, 3.05) is 6.54 Å². The Morgan fingerprint density at radius 1 is 1.36 bits per heavy atom. The first kappa shape index (κ1) is 10.2. The third-order valence-corrected chi connectivity index (χ3v) is 3.27. The van der Waals surface area contributed by atoms with Crippen molar-refractivity contribution < 1.29 is 4.39 Å². The van der Waals surface area contributed by atoms with E-state index < -0.39 is 0 Å². The van der Waals surface area contributed by atoms with Crippen LogP contribution in [0.3, 0.4) is 0 Å². The molecule has 1 aromatic rings. The largest absolute Gasteiger partial charge is 0.310 e. The Labute approximate surface area is 92.2 Å². The first-order chi connectivity index (χ1) is 6.68. The van der Waals surface area contributed by atoms with Crippen LogP contribution in [0.5, 0.6) is 0 Å². The Morgan fingerprint density at radius 3 is 2.79 bits per heavy atom. The van der Waals surface area contributed by atoms with Crippen molar-refractivity contribution >= 4 is 23.2 Å². The zero-order chi connectivity index (χ0) is 10.1. The summed E-state index contributed by atoms with van der Waals surface area (Å²) in [5.74, 6) is -0.330. The quantitative estimate of drug-likeness (QED) is 0.732. The Hall–Kier alpha value is -0.310. The van der Waals surface area contributed by atoms with Crippen molar-refractivity contribution in [3.63, 3.8) is 0 Å². The summed E-state index contributed by atoms with van der Waals surface area (Å²) in [6.07, 6.45) is 2.08. The molecule has 1 aromatic carbocycles. The minimum absolute atomic E-state index is 0.149. The molecule has 14 heavy (non-hydrogen) atoms. The van der Waals surface area contributed by atoms with Gasteiger partial charge in [-0.15, -0.1) is 0 Å². The summed E-state index contributed by atoms with van der Waals surface area (Å²) >= 11 is 11.8. The summed E-state index contributed by atoms with van der Waals surface area (Å²) in [5, 5.41) is 4.01. The smallest absolute Gasteiger partial charge is 0.125 e. The molecule has 0 aliphatic carbocycles. The van der Waals surface area contributed by atoms with Gasteiger partial charge < -0.3 is 5.32 Å². The van der Waals surface area contributed by atoms with Gasteiger partial charge in [0.05, 0.1) is 10.0 Å². The maximum atomic E-state index is 13.1. The van der Waals surface area contributed by atoms with Crippen molar-refractivity contribution in [1.82, 2.24) is 5.32 Å². The lowest BCUT2D eigenvalue weighted by atomic mass is 10.1. The van der Waals surface area contributed by atoms with Gasteiger partial charge in [-0.25, -0.2) is 4.39 Å². The fraction of sp³-hybridized carbons (Fsp3) is 0.400. The average Bonchev–Trinajstić information content (AvgIpc) is 2.63. The SMILES string of the molecule is Fc1cc(Cl)c(Cl)c([C@H]2CCCN2)c1. The van der Waals surface area contributed by atoms with Crippen molar-refractivity contribution in [1.29, 1.82) is 0 Å². The van der Waals surface area contributed by atoms with Crippen molar-refractivity contribution in [2.24, 2.45) is 0 Å². The molecular weight excluding hydrogens is 224 g/mol. The highest BCUT2D eigenvalue weighted by Gasteiger charge is 2.20. The van der Waals surface area contributed by atoms with Crippen LogP contribution in [0, 0.1) is 5.82 Å². The molecule has 1 aliphatic rings. The number of benzene rings is 1.